The summed E-state index contributed by atoms with van der Waals surface area (Å²) in [6.45, 7) is 0.517. The molecule has 0 aromatic carbocycles. The lowest BCUT2D eigenvalue weighted by molar-refractivity contribution is 0.438. The van der Waals surface area contributed by atoms with Gasteiger partial charge in [-0.05, 0) is 0 Å². The van der Waals surface area contributed by atoms with E-state index < -0.39 is 20.8 Å². The van der Waals surface area contributed by atoms with Gasteiger partial charge in [-0.3, -0.25) is 4.21 Å². The molecule has 0 atom stereocenters. The molecule has 0 spiro atoms. The second kappa shape index (κ2) is 4.35. The number of aromatic nitrogens is 2. The molecule has 1 aromatic rings. The van der Waals surface area contributed by atoms with Crippen LogP contribution in [0.2, 0.25) is 0 Å². The minimum atomic E-state index is -3.60. The molecule has 10 heteroatoms. The summed E-state index contributed by atoms with van der Waals surface area (Å²) in [5.41, 5.74) is 5.34. The molecule has 2 heterocycles. The molecule has 1 fully saturated rings. The maximum atomic E-state index is 12.0. The third-order valence-corrected chi connectivity index (χ3v) is 6.39. The number of nitrogen functional groups attached to an aromatic ring is 1. The van der Waals surface area contributed by atoms with Crippen molar-refractivity contribution in [1.82, 2.24) is 14.5 Å². The highest BCUT2D eigenvalue weighted by molar-refractivity contribution is 7.91. The molecular weight excluding hydrogens is 272 g/mol. The zero-order chi connectivity index (χ0) is 11.8. The summed E-state index contributed by atoms with van der Waals surface area (Å²) in [5, 5.41) is 7.12. The molecule has 0 unspecified atom stereocenters. The van der Waals surface area contributed by atoms with Gasteiger partial charge in [0, 0.05) is 35.4 Å². The summed E-state index contributed by atoms with van der Waals surface area (Å²) in [6.07, 6.45) is 0. The Bertz CT molecular complexity index is 501. The van der Waals surface area contributed by atoms with Gasteiger partial charge in [-0.1, -0.05) is 11.3 Å². The standard InChI is InChI=1S/C6H10N4O3S3/c7-5-8-9-6(14-5)16(12,13)10-1-3-15(11)4-2-10/h1-4H2,(H2,7,8). The lowest BCUT2D eigenvalue weighted by Crippen LogP contribution is -2.41. The Labute approximate surface area is 99.2 Å². The first-order valence-electron chi connectivity index (χ1n) is 4.44. The van der Waals surface area contributed by atoms with Crippen LogP contribution in [-0.4, -0.2) is 51.7 Å². The predicted octanol–water partition coefficient (Wildman–Crippen LogP) is -1.13. The molecule has 2 rings (SSSR count). The van der Waals surface area contributed by atoms with E-state index in [4.69, 9.17) is 5.73 Å². The van der Waals surface area contributed by atoms with E-state index >= 15 is 0 Å². The van der Waals surface area contributed by atoms with Gasteiger partial charge in [0.2, 0.25) is 9.47 Å². The minimum absolute atomic E-state index is 0.0994. The van der Waals surface area contributed by atoms with Gasteiger partial charge in [0.15, 0.2) is 0 Å². The fourth-order valence-corrected chi connectivity index (χ4v) is 4.94. The number of anilines is 1. The number of hydrogen-bond acceptors (Lipinski definition) is 7. The van der Waals surface area contributed by atoms with E-state index in [0.717, 1.165) is 11.3 Å². The van der Waals surface area contributed by atoms with Crippen molar-refractivity contribution in [3.05, 3.63) is 0 Å². The lowest BCUT2D eigenvalue weighted by Gasteiger charge is -2.23. The van der Waals surface area contributed by atoms with Crippen LogP contribution >= 0.6 is 11.3 Å². The van der Waals surface area contributed by atoms with Gasteiger partial charge >= 0.3 is 0 Å². The van der Waals surface area contributed by atoms with Crippen LogP contribution in [0.5, 0.6) is 0 Å². The highest BCUT2D eigenvalue weighted by Crippen LogP contribution is 2.21. The molecule has 1 aromatic heterocycles. The van der Waals surface area contributed by atoms with E-state index in [-0.39, 0.29) is 22.6 Å². The van der Waals surface area contributed by atoms with Gasteiger partial charge in [0.05, 0.1) is 0 Å². The van der Waals surface area contributed by atoms with E-state index in [1.165, 1.54) is 4.31 Å². The van der Waals surface area contributed by atoms with Crippen LogP contribution in [0.4, 0.5) is 5.13 Å². The van der Waals surface area contributed by atoms with Crippen LogP contribution < -0.4 is 5.73 Å². The van der Waals surface area contributed by atoms with Crippen molar-refractivity contribution < 1.29 is 12.6 Å². The normalized spacial score (nSPS) is 20.0. The number of nitrogens with two attached hydrogens (primary N) is 1. The van der Waals surface area contributed by atoms with Crippen molar-refractivity contribution in [3.63, 3.8) is 0 Å². The molecule has 0 radical (unpaired) electrons. The highest BCUT2D eigenvalue weighted by atomic mass is 32.2. The van der Waals surface area contributed by atoms with Gasteiger partial charge in [0.1, 0.15) is 0 Å². The van der Waals surface area contributed by atoms with Crippen LogP contribution in [0.1, 0.15) is 0 Å². The maximum Gasteiger partial charge on any atom is 0.272 e. The van der Waals surface area contributed by atoms with Gasteiger partial charge in [0.25, 0.3) is 10.0 Å². The smallest absolute Gasteiger partial charge is 0.272 e. The monoisotopic (exact) mass is 282 g/mol. The largest absolute Gasteiger partial charge is 0.374 e. The second-order valence-corrected chi connectivity index (χ2v) is 7.98. The first-order valence-corrected chi connectivity index (χ1v) is 8.19. The van der Waals surface area contributed by atoms with Gasteiger partial charge in [-0.25, -0.2) is 8.42 Å². The van der Waals surface area contributed by atoms with Crippen LogP contribution in [0, 0.1) is 0 Å². The topological polar surface area (TPSA) is 106 Å². The summed E-state index contributed by atoms with van der Waals surface area (Å²) in [4.78, 5) is 0. The quantitative estimate of drug-likeness (QED) is 0.736. The van der Waals surface area contributed by atoms with Crippen molar-refractivity contribution in [1.29, 1.82) is 0 Å². The molecule has 0 saturated carbocycles. The maximum absolute atomic E-state index is 12.0. The molecule has 1 aliphatic heterocycles. The van der Waals surface area contributed by atoms with Gasteiger partial charge in [-0.15, -0.1) is 10.2 Å². The van der Waals surface area contributed by atoms with E-state index in [0.29, 0.717) is 11.5 Å². The number of sulfonamides is 1. The highest BCUT2D eigenvalue weighted by Gasteiger charge is 2.30. The van der Waals surface area contributed by atoms with E-state index in [1.54, 1.807) is 0 Å². The number of hydrogen-bond donors (Lipinski definition) is 1. The number of rotatable bonds is 2. The van der Waals surface area contributed by atoms with Crippen LogP contribution in [0.25, 0.3) is 0 Å². The average Bonchev–Trinajstić information content (AvgIpc) is 2.66. The van der Waals surface area contributed by atoms with Gasteiger partial charge in [-0.2, -0.15) is 4.31 Å². The Kier molecular flexibility index (Phi) is 3.24. The third-order valence-electron chi connectivity index (χ3n) is 2.12. The van der Waals surface area contributed by atoms with E-state index in [9.17, 15) is 12.6 Å². The van der Waals surface area contributed by atoms with Crippen LogP contribution in [0.3, 0.4) is 0 Å². The lowest BCUT2D eigenvalue weighted by atomic mass is 10.6. The Morgan fingerprint density at radius 3 is 2.44 bits per heavy atom. The van der Waals surface area contributed by atoms with Crippen molar-refractivity contribution in [2.75, 3.05) is 30.3 Å². The number of nitrogens with zero attached hydrogens (tertiary/aromatic N) is 3. The molecule has 90 valence electrons. The first kappa shape index (κ1) is 11.9. The van der Waals surface area contributed by atoms with Crippen molar-refractivity contribution in [2.24, 2.45) is 0 Å². The molecule has 16 heavy (non-hydrogen) atoms. The zero-order valence-corrected chi connectivity index (χ0v) is 10.6. The summed E-state index contributed by atoms with van der Waals surface area (Å²) in [5.74, 6) is 0.737. The predicted molar refractivity (Wildman–Crippen MR) is 61.0 cm³/mol. The summed E-state index contributed by atoms with van der Waals surface area (Å²) in [7, 11) is -4.51. The Balaban J connectivity index is 2.23. The molecule has 0 bridgehead atoms. The fraction of sp³-hybridized carbons (Fsp3) is 0.667. The molecule has 0 aliphatic carbocycles. The Hall–Kier alpha value is -0.580. The molecule has 7 nitrogen and oxygen atoms in total. The van der Waals surface area contributed by atoms with Crippen molar-refractivity contribution in [2.45, 2.75) is 4.34 Å². The van der Waals surface area contributed by atoms with Crippen molar-refractivity contribution in [3.8, 4) is 0 Å². The summed E-state index contributed by atoms with van der Waals surface area (Å²) in [6, 6.07) is 0. The van der Waals surface area contributed by atoms with E-state index in [2.05, 4.69) is 10.2 Å². The van der Waals surface area contributed by atoms with Gasteiger partial charge < -0.3 is 5.73 Å². The third kappa shape index (κ3) is 2.24. The second-order valence-electron chi connectivity index (χ2n) is 3.16. The molecular formula is C6H10N4O3S3. The van der Waals surface area contributed by atoms with E-state index in [1.807, 2.05) is 0 Å². The fourth-order valence-electron chi connectivity index (χ4n) is 1.30. The Morgan fingerprint density at radius 1 is 1.31 bits per heavy atom. The van der Waals surface area contributed by atoms with Crippen LogP contribution in [0.15, 0.2) is 4.34 Å². The minimum Gasteiger partial charge on any atom is -0.374 e. The Morgan fingerprint density at radius 2 is 1.94 bits per heavy atom. The summed E-state index contributed by atoms with van der Waals surface area (Å²) < 4.78 is 36.3. The average molecular weight is 282 g/mol. The van der Waals surface area contributed by atoms with Crippen LogP contribution in [-0.2, 0) is 20.8 Å². The van der Waals surface area contributed by atoms with Crippen molar-refractivity contribution >= 4 is 37.3 Å². The molecule has 1 saturated heterocycles. The SMILES string of the molecule is Nc1nnc(S(=O)(=O)N2CCS(=O)CC2)s1. The first-order chi connectivity index (χ1) is 7.50. The zero-order valence-electron chi connectivity index (χ0n) is 8.20. The molecule has 2 N–H and O–H groups in total. The summed E-state index contributed by atoms with van der Waals surface area (Å²) >= 11 is 0.839. The molecule has 0 amide bonds. The molecule has 1 aliphatic rings.